The third kappa shape index (κ3) is 1.22. The second kappa shape index (κ2) is 3.16. The van der Waals surface area contributed by atoms with Gasteiger partial charge in [0.2, 0.25) is 11.2 Å². The van der Waals surface area contributed by atoms with Gasteiger partial charge in [-0.05, 0) is 12.1 Å². The van der Waals surface area contributed by atoms with Crippen LogP contribution in [0.5, 0.6) is 0 Å². The summed E-state index contributed by atoms with van der Waals surface area (Å²) in [7, 11) is 1.83. The fourth-order valence-electron chi connectivity index (χ4n) is 2.16. The van der Waals surface area contributed by atoms with Crippen molar-refractivity contribution in [2.75, 3.05) is 0 Å². The molecule has 3 rings (SSSR count). The van der Waals surface area contributed by atoms with Crippen molar-refractivity contribution in [2.24, 2.45) is 7.05 Å². The summed E-state index contributed by atoms with van der Waals surface area (Å²) < 4.78 is 15.9. The van der Waals surface area contributed by atoms with E-state index in [2.05, 4.69) is 4.98 Å². The van der Waals surface area contributed by atoms with E-state index < -0.39 is 0 Å². The molecule has 0 spiro atoms. The van der Waals surface area contributed by atoms with Crippen LogP contribution < -0.4 is 4.73 Å². The predicted molar refractivity (Wildman–Crippen MR) is 61.9 cm³/mol. The number of aromatic nitrogens is 3. The van der Waals surface area contributed by atoms with Crippen LogP contribution in [-0.2, 0) is 7.05 Å². The number of hydrogen-bond acceptors (Lipinski definition) is 2. The van der Waals surface area contributed by atoms with Crippen LogP contribution in [0.2, 0.25) is 0 Å². The molecule has 0 unspecified atom stereocenters. The van der Waals surface area contributed by atoms with E-state index in [0.717, 1.165) is 10.2 Å². The van der Waals surface area contributed by atoms with Gasteiger partial charge in [-0.1, -0.05) is 0 Å². The van der Waals surface area contributed by atoms with E-state index in [9.17, 15) is 9.60 Å². The summed E-state index contributed by atoms with van der Waals surface area (Å²) in [6.07, 6.45) is 1.63. The third-order valence-corrected chi connectivity index (χ3v) is 3.02. The van der Waals surface area contributed by atoms with Gasteiger partial charge < -0.3 is 9.77 Å². The second-order valence-corrected chi connectivity index (χ2v) is 4.09. The highest BCUT2D eigenvalue weighted by Gasteiger charge is 2.18. The van der Waals surface area contributed by atoms with E-state index in [1.165, 1.54) is 18.2 Å². The summed E-state index contributed by atoms with van der Waals surface area (Å²) in [6.45, 7) is 1.71. The van der Waals surface area contributed by atoms with E-state index in [1.54, 1.807) is 17.8 Å². The highest BCUT2D eigenvalue weighted by molar-refractivity contribution is 6.01. The van der Waals surface area contributed by atoms with Crippen LogP contribution in [0.4, 0.5) is 4.39 Å². The standard InChI is InChI=1S/C12H10FN3O/c1-7-11-12(15(2)6-14-11)9-5-8(13)3-4-10(9)16(7)17/h3-6H,1-2H3. The minimum Gasteiger partial charge on any atom is -0.618 e. The lowest BCUT2D eigenvalue weighted by Gasteiger charge is -2.07. The molecule has 3 aromatic rings. The molecule has 0 aliphatic heterocycles. The van der Waals surface area contributed by atoms with Crippen molar-refractivity contribution in [3.63, 3.8) is 0 Å². The molecule has 0 bridgehead atoms. The normalized spacial score (nSPS) is 11.5. The average Bonchev–Trinajstić information content (AvgIpc) is 2.68. The summed E-state index contributed by atoms with van der Waals surface area (Å²) in [5.41, 5.74) is 2.38. The molecule has 0 N–H and O–H groups in total. The van der Waals surface area contributed by atoms with E-state index in [0.29, 0.717) is 22.1 Å². The van der Waals surface area contributed by atoms with Crippen LogP contribution in [0, 0.1) is 17.9 Å². The smallest absolute Gasteiger partial charge is 0.226 e. The molecule has 1 aromatic carbocycles. The molecule has 0 aliphatic rings. The molecule has 0 saturated carbocycles. The molecule has 17 heavy (non-hydrogen) atoms. The Morgan fingerprint density at radius 2 is 2.18 bits per heavy atom. The van der Waals surface area contributed by atoms with Gasteiger partial charge in [0.1, 0.15) is 5.82 Å². The van der Waals surface area contributed by atoms with Gasteiger partial charge in [-0.15, -0.1) is 0 Å². The predicted octanol–water partition coefficient (Wildman–Crippen LogP) is 1.81. The van der Waals surface area contributed by atoms with E-state index >= 15 is 0 Å². The Labute approximate surface area is 96.5 Å². The van der Waals surface area contributed by atoms with Crippen molar-refractivity contribution in [3.8, 4) is 0 Å². The fraction of sp³-hybridized carbons (Fsp3) is 0.167. The van der Waals surface area contributed by atoms with Gasteiger partial charge in [0.15, 0.2) is 5.52 Å². The molecule has 2 aromatic heterocycles. The molecule has 0 radical (unpaired) electrons. The topological polar surface area (TPSA) is 44.8 Å². The molecule has 0 atom stereocenters. The molecule has 0 amide bonds. The summed E-state index contributed by atoms with van der Waals surface area (Å²) in [5, 5.41) is 12.6. The zero-order valence-corrected chi connectivity index (χ0v) is 9.44. The maximum Gasteiger partial charge on any atom is 0.226 e. The Morgan fingerprint density at radius 3 is 2.94 bits per heavy atom. The number of benzene rings is 1. The largest absolute Gasteiger partial charge is 0.618 e. The number of aryl methyl sites for hydroxylation is 2. The number of imidazole rings is 1. The first-order valence-electron chi connectivity index (χ1n) is 5.22. The summed E-state index contributed by atoms with van der Waals surface area (Å²) >= 11 is 0. The second-order valence-electron chi connectivity index (χ2n) is 4.09. The molecule has 0 fully saturated rings. The Hall–Kier alpha value is -2.17. The molecule has 0 saturated heterocycles. The van der Waals surface area contributed by atoms with Crippen LogP contribution in [0.25, 0.3) is 21.9 Å². The van der Waals surface area contributed by atoms with Crippen LogP contribution in [-0.4, -0.2) is 9.55 Å². The Bertz CT molecular complexity index is 748. The first kappa shape index (κ1) is 10.0. The molecule has 4 nitrogen and oxygen atoms in total. The quantitative estimate of drug-likeness (QED) is 0.437. The van der Waals surface area contributed by atoms with Gasteiger partial charge in [-0.2, -0.15) is 4.73 Å². The summed E-state index contributed by atoms with van der Waals surface area (Å²) in [5.74, 6) is -0.358. The first-order chi connectivity index (χ1) is 8.09. The van der Waals surface area contributed by atoms with Crippen molar-refractivity contribution in [1.29, 1.82) is 0 Å². The van der Waals surface area contributed by atoms with Gasteiger partial charge in [-0.25, -0.2) is 9.37 Å². The van der Waals surface area contributed by atoms with Crippen molar-refractivity contribution in [3.05, 3.63) is 41.2 Å². The van der Waals surface area contributed by atoms with E-state index in [-0.39, 0.29) is 5.82 Å². The SMILES string of the molecule is Cc1c2ncn(C)c2c2cc(F)ccc2[n+]1[O-]. The molecule has 5 heteroatoms. The molecule has 86 valence electrons. The Balaban J connectivity index is 2.69. The highest BCUT2D eigenvalue weighted by atomic mass is 19.1. The van der Waals surface area contributed by atoms with E-state index in [4.69, 9.17) is 0 Å². The molecular weight excluding hydrogens is 221 g/mol. The summed E-state index contributed by atoms with van der Waals surface area (Å²) in [4.78, 5) is 4.18. The third-order valence-electron chi connectivity index (χ3n) is 3.02. The van der Waals surface area contributed by atoms with Gasteiger partial charge in [0.05, 0.1) is 17.2 Å². The van der Waals surface area contributed by atoms with Crippen molar-refractivity contribution >= 4 is 21.9 Å². The Morgan fingerprint density at radius 1 is 1.41 bits per heavy atom. The Kier molecular flexibility index (Phi) is 1.86. The highest BCUT2D eigenvalue weighted by Crippen LogP contribution is 2.24. The van der Waals surface area contributed by atoms with Crippen LogP contribution in [0.1, 0.15) is 5.69 Å². The number of pyridine rings is 1. The average molecular weight is 231 g/mol. The number of nitrogens with zero attached hydrogens (tertiary/aromatic N) is 3. The minimum absolute atomic E-state index is 0.358. The van der Waals surface area contributed by atoms with Crippen molar-refractivity contribution < 1.29 is 9.12 Å². The van der Waals surface area contributed by atoms with Crippen molar-refractivity contribution in [1.82, 2.24) is 9.55 Å². The zero-order valence-electron chi connectivity index (χ0n) is 9.44. The lowest BCUT2D eigenvalue weighted by Crippen LogP contribution is -2.31. The summed E-state index contributed by atoms with van der Waals surface area (Å²) in [6, 6.07) is 4.16. The van der Waals surface area contributed by atoms with Gasteiger partial charge in [0.25, 0.3) is 0 Å². The number of halogens is 1. The van der Waals surface area contributed by atoms with Crippen LogP contribution in [0.3, 0.4) is 0 Å². The number of hydrogen-bond donors (Lipinski definition) is 0. The minimum atomic E-state index is -0.358. The number of fused-ring (bicyclic) bond motifs is 3. The maximum absolute atomic E-state index is 13.3. The lowest BCUT2D eigenvalue weighted by molar-refractivity contribution is -0.582. The lowest BCUT2D eigenvalue weighted by atomic mass is 10.1. The molecular formula is C12H10FN3O. The van der Waals surface area contributed by atoms with Crippen LogP contribution >= 0.6 is 0 Å². The maximum atomic E-state index is 13.3. The first-order valence-corrected chi connectivity index (χ1v) is 5.22. The van der Waals surface area contributed by atoms with E-state index in [1.807, 2.05) is 7.05 Å². The van der Waals surface area contributed by atoms with Gasteiger partial charge in [0, 0.05) is 20.0 Å². The number of rotatable bonds is 0. The molecule has 0 aliphatic carbocycles. The zero-order chi connectivity index (χ0) is 12.2. The van der Waals surface area contributed by atoms with Crippen molar-refractivity contribution in [2.45, 2.75) is 6.92 Å². The fourth-order valence-corrected chi connectivity index (χ4v) is 2.16. The van der Waals surface area contributed by atoms with Gasteiger partial charge in [-0.3, -0.25) is 0 Å². The monoisotopic (exact) mass is 231 g/mol. The molecule has 2 heterocycles. The van der Waals surface area contributed by atoms with Crippen LogP contribution in [0.15, 0.2) is 24.5 Å². The van der Waals surface area contributed by atoms with Gasteiger partial charge >= 0.3 is 0 Å².